The van der Waals surface area contributed by atoms with Crippen molar-refractivity contribution >= 4 is 11.8 Å². The summed E-state index contributed by atoms with van der Waals surface area (Å²) in [6.07, 6.45) is 3.03. The summed E-state index contributed by atoms with van der Waals surface area (Å²) in [6.45, 7) is 1.58. The van der Waals surface area contributed by atoms with Crippen LogP contribution in [0.4, 0.5) is 0 Å². The van der Waals surface area contributed by atoms with Crippen molar-refractivity contribution in [3.05, 3.63) is 12.7 Å². The number of amides is 2. The molecule has 1 aromatic heterocycles. The van der Waals surface area contributed by atoms with Gasteiger partial charge in [0, 0.05) is 0 Å². The fraction of sp³-hybridized carbons (Fsp3) is 0.500. The van der Waals surface area contributed by atoms with E-state index in [9.17, 15) is 9.59 Å². The van der Waals surface area contributed by atoms with Crippen LogP contribution in [0.25, 0.3) is 0 Å². The van der Waals surface area contributed by atoms with Crippen molar-refractivity contribution in [3.63, 3.8) is 0 Å². The molecule has 16 heavy (non-hydrogen) atoms. The standard InChI is InChI=1S/C8H13N5O3/c1-2-6(3-14)11-7(15)8(16)12-13-4-9-10-5-13/h4-6,14H,2-3H2,1H3,(H,11,15)(H,12,16). The molecule has 8 nitrogen and oxygen atoms in total. The Hall–Kier alpha value is -1.96. The number of aliphatic hydroxyl groups is 1. The molecule has 0 saturated heterocycles. The number of nitrogens with one attached hydrogen (secondary N) is 2. The molecule has 1 aromatic rings. The van der Waals surface area contributed by atoms with Crippen LogP contribution in [0.2, 0.25) is 0 Å². The van der Waals surface area contributed by atoms with E-state index in [0.29, 0.717) is 6.42 Å². The lowest BCUT2D eigenvalue weighted by Crippen LogP contribution is -2.44. The Kier molecular flexibility index (Phi) is 4.40. The van der Waals surface area contributed by atoms with Crippen LogP contribution in [0.5, 0.6) is 0 Å². The third-order valence-corrected chi connectivity index (χ3v) is 1.90. The van der Waals surface area contributed by atoms with E-state index in [1.54, 1.807) is 6.92 Å². The number of carbonyl (C=O) groups excluding carboxylic acids is 2. The zero-order valence-electron chi connectivity index (χ0n) is 8.75. The van der Waals surface area contributed by atoms with E-state index < -0.39 is 17.9 Å². The third kappa shape index (κ3) is 3.31. The van der Waals surface area contributed by atoms with Crippen molar-refractivity contribution in [1.82, 2.24) is 20.2 Å². The highest BCUT2D eigenvalue weighted by Crippen LogP contribution is 1.88. The molecule has 88 valence electrons. The van der Waals surface area contributed by atoms with Crippen molar-refractivity contribution in [2.75, 3.05) is 12.0 Å². The Morgan fingerprint density at radius 2 is 2.00 bits per heavy atom. The molecule has 1 heterocycles. The molecule has 1 rings (SSSR count). The summed E-state index contributed by atoms with van der Waals surface area (Å²) < 4.78 is 1.15. The minimum absolute atomic E-state index is 0.206. The fourth-order valence-electron chi connectivity index (χ4n) is 0.954. The number of hydrogen-bond acceptors (Lipinski definition) is 5. The van der Waals surface area contributed by atoms with Gasteiger partial charge in [-0.25, -0.2) is 4.68 Å². The molecular weight excluding hydrogens is 214 g/mol. The first-order valence-electron chi connectivity index (χ1n) is 4.74. The van der Waals surface area contributed by atoms with Gasteiger partial charge >= 0.3 is 11.8 Å². The van der Waals surface area contributed by atoms with Crippen molar-refractivity contribution in [2.45, 2.75) is 19.4 Å². The van der Waals surface area contributed by atoms with Crippen LogP contribution in [0.3, 0.4) is 0 Å². The normalized spacial score (nSPS) is 11.9. The number of aromatic nitrogens is 3. The van der Waals surface area contributed by atoms with Gasteiger partial charge in [-0.1, -0.05) is 6.92 Å². The molecule has 0 radical (unpaired) electrons. The van der Waals surface area contributed by atoms with E-state index in [1.165, 1.54) is 12.7 Å². The summed E-state index contributed by atoms with van der Waals surface area (Å²) >= 11 is 0. The summed E-state index contributed by atoms with van der Waals surface area (Å²) in [7, 11) is 0. The van der Waals surface area contributed by atoms with Gasteiger partial charge in [-0.05, 0) is 6.42 Å². The number of aliphatic hydroxyl groups excluding tert-OH is 1. The van der Waals surface area contributed by atoms with Crippen molar-refractivity contribution in [1.29, 1.82) is 0 Å². The quantitative estimate of drug-likeness (QED) is 0.528. The summed E-state index contributed by atoms with van der Waals surface area (Å²) in [5, 5.41) is 18.1. The molecule has 0 fully saturated rings. The summed E-state index contributed by atoms with van der Waals surface area (Å²) in [5.74, 6) is -1.65. The van der Waals surface area contributed by atoms with Gasteiger partial charge in [-0.3, -0.25) is 15.0 Å². The van der Waals surface area contributed by atoms with Crippen molar-refractivity contribution < 1.29 is 14.7 Å². The van der Waals surface area contributed by atoms with E-state index in [0.717, 1.165) is 4.68 Å². The summed E-state index contributed by atoms with van der Waals surface area (Å²) in [6, 6.07) is -0.417. The number of carbonyl (C=O) groups is 2. The second kappa shape index (κ2) is 5.81. The van der Waals surface area contributed by atoms with Crippen LogP contribution in [-0.2, 0) is 9.59 Å². The topological polar surface area (TPSA) is 109 Å². The lowest BCUT2D eigenvalue weighted by Gasteiger charge is -2.13. The lowest BCUT2D eigenvalue weighted by atomic mass is 10.2. The fourth-order valence-corrected chi connectivity index (χ4v) is 0.954. The maximum Gasteiger partial charge on any atom is 0.328 e. The SMILES string of the molecule is CCC(CO)NC(=O)C(=O)Nn1cnnc1. The Morgan fingerprint density at radius 1 is 1.38 bits per heavy atom. The van der Waals surface area contributed by atoms with Crippen molar-refractivity contribution in [2.24, 2.45) is 0 Å². The molecule has 0 spiro atoms. The predicted octanol–water partition coefficient (Wildman–Crippen LogP) is -1.76. The zero-order valence-corrected chi connectivity index (χ0v) is 8.75. The second-order valence-electron chi connectivity index (χ2n) is 3.07. The largest absolute Gasteiger partial charge is 0.394 e. The molecular formula is C8H13N5O3. The Morgan fingerprint density at radius 3 is 2.50 bits per heavy atom. The molecule has 1 atom stereocenters. The van der Waals surface area contributed by atoms with Crippen molar-refractivity contribution in [3.8, 4) is 0 Å². The minimum Gasteiger partial charge on any atom is -0.394 e. The van der Waals surface area contributed by atoms with E-state index >= 15 is 0 Å². The number of nitrogens with zero attached hydrogens (tertiary/aromatic N) is 3. The molecule has 0 aliphatic rings. The highest BCUT2D eigenvalue weighted by molar-refractivity contribution is 6.38. The van der Waals surface area contributed by atoms with Crippen LogP contribution in [0, 0.1) is 0 Å². The van der Waals surface area contributed by atoms with E-state index in [1.807, 2.05) is 0 Å². The monoisotopic (exact) mass is 227 g/mol. The Balaban J connectivity index is 2.45. The molecule has 8 heteroatoms. The van der Waals surface area contributed by atoms with Gasteiger partial charge in [-0.15, -0.1) is 10.2 Å². The van der Waals surface area contributed by atoms with Crippen LogP contribution < -0.4 is 10.7 Å². The van der Waals surface area contributed by atoms with Gasteiger partial charge in [0.15, 0.2) is 0 Å². The lowest BCUT2D eigenvalue weighted by molar-refractivity contribution is -0.137. The third-order valence-electron chi connectivity index (χ3n) is 1.90. The van der Waals surface area contributed by atoms with E-state index in [4.69, 9.17) is 5.11 Å². The minimum atomic E-state index is -0.841. The second-order valence-corrected chi connectivity index (χ2v) is 3.07. The number of rotatable bonds is 4. The molecule has 1 unspecified atom stereocenters. The van der Waals surface area contributed by atoms with E-state index in [-0.39, 0.29) is 6.61 Å². The van der Waals surface area contributed by atoms with Gasteiger partial charge in [0.1, 0.15) is 12.7 Å². The molecule has 3 N–H and O–H groups in total. The summed E-state index contributed by atoms with van der Waals surface area (Å²) in [5.41, 5.74) is 2.23. The smallest absolute Gasteiger partial charge is 0.328 e. The van der Waals surface area contributed by atoms with Gasteiger partial charge in [-0.2, -0.15) is 0 Å². The van der Waals surface area contributed by atoms with Crippen LogP contribution in [-0.4, -0.2) is 44.4 Å². The number of hydrogen-bond donors (Lipinski definition) is 3. The van der Waals surface area contributed by atoms with Gasteiger partial charge < -0.3 is 10.4 Å². The maximum absolute atomic E-state index is 11.3. The molecule has 2 amide bonds. The predicted molar refractivity (Wildman–Crippen MR) is 53.7 cm³/mol. The highest BCUT2D eigenvalue weighted by atomic mass is 16.3. The Bertz CT molecular complexity index is 347. The maximum atomic E-state index is 11.3. The average molecular weight is 227 g/mol. The van der Waals surface area contributed by atoms with E-state index in [2.05, 4.69) is 20.9 Å². The van der Waals surface area contributed by atoms with Crippen LogP contribution >= 0.6 is 0 Å². The zero-order chi connectivity index (χ0) is 12.0. The van der Waals surface area contributed by atoms with Crippen LogP contribution in [0.1, 0.15) is 13.3 Å². The molecule has 0 saturated carbocycles. The molecule has 0 aliphatic heterocycles. The van der Waals surface area contributed by atoms with Gasteiger partial charge in [0.05, 0.1) is 12.6 Å². The van der Waals surface area contributed by atoms with Gasteiger partial charge in [0.25, 0.3) is 0 Å². The average Bonchev–Trinajstić information content (AvgIpc) is 2.78. The Labute approximate surface area is 91.6 Å². The van der Waals surface area contributed by atoms with Gasteiger partial charge in [0.2, 0.25) is 0 Å². The first-order chi connectivity index (χ1) is 7.67. The molecule has 0 aliphatic carbocycles. The highest BCUT2D eigenvalue weighted by Gasteiger charge is 2.17. The summed E-state index contributed by atoms with van der Waals surface area (Å²) in [4.78, 5) is 22.6. The molecule has 0 aromatic carbocycles. The van der Waals surface area contributed by atoms with Crippen LogP contribution in [0.15, 0.2) is 12.7 Å². The molecule has 0 bridgehead atoms. The first-order valence-corrected chi connectivity index (χ1v) is 4.74. The first kappa shape index (κ1) is 12.1.